The van der Waals surface area contributed by atoms with E-state index in [1.807, 2.05) is 0 Å². The van der Waals surface area contributed by atoms with Crippen molar-refractivity contribution < 1.29 is 9.47 Å². The van der Waals surface area contributed by atoms with Crippen LogP contribution in [0.3, 0.4) is 0 Å². The first-order valence-corrected chi connectivity index (χ1v) is 22.8. The van der Waals surface area contributed by atoms with Crippen LogP contribution in [0.4, 0.5) is 0 Å². The average molecular weight is 716 g/mol. The van der Waals surface area contributed by atoms with E-state index in [0.717, 1.165) is 52.4 Å². The molecule has 2 atom stereocenters. The first kappa shape index (κ1) is 46.3. The molecule has 2 unspecified atom stereocenters. The smallest absolute Gasteiger partial charge is 0.0475 e. The Morgan fingerprint density at radius 2 is 1.06 bits per heavy atom. The number of rotatable bonds is 37. The van der Waals surface area contributed by atoms with Crippen molar-refractivity contribution in [2.24, 2.45) is 5.92 Å². The summed E-state index contributed by atoms with van der Waals surface area (Å²) >= 11 is 0. The molecule has 51 heavy (non-hydrogen) atoms. The number of piperidine rings is 1. The van der Waals surface area contributed by atoms with E-state index in [1.165, 1.54) is 179 Å². The maximum Gasteiger partial charge on any atom is 0.0475 e. The Morgan fingerprint density at radius 3 is 1.47 bits per heavy atom. The number of ether oxygens (including phenoxy) is 2. The molecular weight excluding hydrogens is 627 g/mol. The van der Waals surface area contributed by atoms with Crippen LogP contribution in [-0.4, -0.2) is 69.5 Å². The molecule has 2 N–H and O–H groups in total. The van der Waals surface area contributed by atoms with Gasteiger partial charge in [0.1, 0.15) is 0 Å². The van der Waals surface area contributed by atoms with Crippen LogP contribution in [0.2, 0.25) is 0 Å². The third-order valence-electron chi connectivity index (χ3n) is 12.1. The minimum Gasteiger partial charge on any atom is -0.381 e. The molecule has 5 heteroatoms. The lowest BCUT2D eigenvalue weighted by Gasteiger charge is -2.40. The highest BCUT2D eigenvalue weighted by atomic mass is 16.5. The van der Waals surface area contributed by atoms with Crippen LogP contribution in [0.1, 0.15) is 206 Å². The van der Waals surface area contributed by atoms with Gasteiger partial charge in [0.15, 0.2) is 0 Å². The van der Waals surface area contributed by atoms with Gasteiger partial charge in [0.2, 0.25) is 0 Å². The molecule has 0 saturated carbocycles. The first-order valence-electron chi connectivity index (χ1n) is 22.8. The SMILES string of the molecule is CCCCCCCCCCCCCCOCCC(CCOCCCCCCCCCCCCCC)(CCC1CNCCC1N(C)C)c1ccc[nH]1. The van der Waals surface area contributed by atoms with Crippen molar-refractivity contribution in [3.05, 3.63) is 24.0 Å². The van der Waals surface area contributed by atoms with Gasteiger partial charge < -0.3 is 24.7 Å². The normalized spacial score (nSPS) is 16.8. The van der Waals surface area contributed by atoms with Crippen LogP contribution < -0.4 is 5.32 Å². The standard InChI is InChI=1S/C46H89N3O2/c1-5-7-9-11-13-15-17-19-21-23-25-27-38-50-40-34-46(45-30-29-36-48-45,33-31-43-42-47-37-32-44(43)49(3)4)35-41-51-39-28-26-24-22-20-18-16-14-12-10-8-6-2/h29-30,36,43-44,47-48H,5-28,31-35,37-42H2,1-4H3. The van der Waals surface area contributed by atoms with E-state index in [0.29, 0.717) is 12.0 Å². The monoisotopic (exact) mass is 716 g/mol. The van der Waals surface area contributed by atoms with Gasteiger partial charge in [-0.15, -0.1) is 0 Å². The van der Waals surface area contributed by atoms with Crippen LogP contribution in [0.5, 0.6) is 0 Å². The number of nitrogens with zero attached hydrogens (tertiary/aromatic N) is 1. The summed E-state index contributed by atoms with van der Waals surface area (Å²) in [7, 11) is 4.54. The van der Waals surface area contributed by atoms with E-state index in [2.05, 4.69) is 61.5 Å². The number of aromatic amines is 1. The Bertz CT molecular complexity index is 810. The Hall–Kier alpha value is -0.880. The lowest BCUT2D eigenvalue weighted by molar-refractivity contribution is 0.0723. The zero-order chi connectivity index (χ0) is 36.5. The Labute approximate surface area is 318 Å². The molecule has 0 amide bonds. The van der Waals surface area contributed by atoms with Gasteiger partial charge in [-0.3, -0.25) is 0 Å². The van der Waals surface area contributed by atoms with E-state index in [4.69, 9.17) is 9.47 Å². The van der Waals surface area contributed by atoms with Gasteiger partial charge in [0.25, 0.3) is 0 Å². The molecule has 0 bridgehead atoms. The van der Waals surface area contributed by atoms with Crippen molar-refractivity contribution in [1.29, 1.82) is 0 Å². The summed E-state index contributed by atoms with van der Waals surface area (Å²) in [4.78, 5) is 6.14. The number of nitrogens with one attached hydrogen (secondary N) is 2. The average Bonchev–Trinajstić information content (AvgIpc) is 3.69. The van der Waals surface area contributed by atoms with E-state index >= 15 is 0 Å². The van der Waals surface area contributed by atoms with Gasteiger partial charge in [-0.1, -0.05) is 155 Å². The second-order valence-corrected chi connectivity index (χ2v) is 16.7. The summed E-state index contributed by atoms with van der Waals surface area (Å²) in [5.41, 5.74) is 1.46. The molecule has 2 heterocycles. The summed E-state index contributed by atoms with van der Waals surface area (Å²) in [6, 6.07) is 5.19. The fourth-order valence-corrected chi connectivity index (χ4v) is 8.61. The van der Waals surface area contributed by atoms with Crippen molar-refractivity contribution in [3.8, 4) is 0 Å². The highest BCUT2D eigenvalue weighted by molar-refractivity contribution is 5.18. The molecule has 1 aromatic rings. The predicted octanol–water partition coefficient (Wildman–Crippen LogP) is 12.8. The van der Waals surface area contributed by atoms with Crippen molar-refractivity contribution in [2.45, 2.75) is 212 Å². The summed E-state index contributed by atoms with van der Waals surface area (Å²) in [5, 5.41) is 3.71. The van der Waals surface area contributed by atoms with Crippen LogP contribution >= 0.6 is 0 Å². The molecule has 300 valence electrons. The van der Waals surface area contributed by atoms with Crippen LogP contribution in [0.25, 0.3) is 0 Å². The first-order chi connectivity index (χ1) is 25.1. The Morgan fingerprint density at radius 1 is 0.608 bits per heavy atom. The van der Waals surface area contributed by atoms with E-state index in [9.17, 15) is 0 Å². The Kier molecular flexibility index (Phi) is 29.5. The van der Waals surface area contributed by atoms with E-state index < -0.39 is 0 Å². The molecule has 0 aromatic carbocycles. The minimum atomic E-state index is 0.0743. The minimum absolute atomic E-state index is 0.0743. The highest BCUT2D eigenvalue weighted by Gasteiger charge is 2.35. The second-order valence-electron chi connectivity index (χ2n) is 16.7. The maximum absolute atomic E-state index is 6.38. The van der Waals surface area contributed by atoms with Gasteiger partial charge >= 0.3 is 0 Å². The zero-order valence-electron chi connectivity index (χ0n) is 34.9. The summed E-state index contributed by atoms with van der Waals surface area (Å²) < 4.78 is 12.8. The lowest BCUT2D eigenvalue weighted by Crippen LogP contribution is -2.47. The summed E-state index contributed by atoms with van der Waals surface area (Å²) in [6.45, 7) is 10.4. The maximum atomic E-state index is 6.38. The van der Waals surface area contributed by atoms with Crippen molar-refractivity contribution in [1.82, 2.24) is 15.2 Å². The molecule has 0 aliphatic carbocycles. The molecule has 0 spiro atoms. The summed E-state index contributed by atoms with van der Waals surface area (Å²) in [6.07, 6.45) is 41.2. The molecular formula is C46H89N3O2. The number of unbranched alkanes of at least 4 members (excludes halogenated alkanes) is 22. The van der Waals surface area contributed by atoms with Crippen LogP contribution in [0.15, 0.2) is 18.3 Å². The number of hydrogen-bond donors (Lipinski definition) is 2. The summed E-state index contributed by atoms with van der Waals surface area (Å²) in [5.74, 6) is 0.687. The van der Waals surface area contributed by atoms with Crippen LogP contribution in [0, 0.1) is 5.92 Å². The fourth-order valence-electron chi connectivity index (χ4n) is 8.61. The van der Waals surface area contributed by atoms with Gasteiger partial charge in [-0.25, -0.2) is 0 Å². The third-order valence-corrected chi connectivity index (χ3v) is 12.1. The molecule has 2 rings (SSSR count). The number of hydrogen-bond acceptors (Lipinski definition) is 4. The third kappa shape index (κ3) is 22.8. The molecule has 1 fully saturated rings. The highest BCUT2D eigenvalue weighted by Crippen LogP contribution is 2.38. The van der Waals surface area contributed by atoms with Gasteiger partial charge in [-0.05, 0) is 90.2 Å². The van der Waals surface area contributed by atoms with E-state index in [1.54, 1.807) is 0 Å². The molecule has 1 aromatic heterocycles. The zero-order valence-corrected chi connectivity index (χ0v) is 34.9. The van der Waals surface area contributed by atoms with E-state index in [-0.39, 0.29) is 5.41 Å². The number of H-pyrrole nitrogens is 1. The van der Waals surface area contributed by atoms with Crippen molar-refractivity contribution in [3.63, 3.8) is 0 Å². The second kappa shape index (κ2) is 32.5. The molecule has 1 aliphatic heterocycles. The predicted molar refractivity (Wildman–Crippen MR) is 223 cm³/mol. The quantitative estimate of drug-likeness (QED) is 0.0673. The largest absolute Gasteiger partial charge is 0.381 e. The lowest BCUT2D eigenvalue weighted by atomic mass is 9.72. The Balaban J connectivity index is 1.74. The van der Waals surface area contributed by atoms with Crippen molar-refractivity contribution >= 4 is 0 Å². The fraction of sp³-hybridized carbons (Fsp3) is 0.913. The molecule has 1 saturated heterocycles. The van der Waals surface area contributed by atoms with Gasteiger partial charge in [0, 0.05) is 49.8 Å². The van der Waals surface area contributed by atoms with Crippen LogP contribution in [-0.2, 0) is 14.9 Å². The van der Waals surface area contributed by atoms with Gasteiger partial charge in [-0.2, -0.15) is 0 Å². The molecule has 1 aliphatic rings. The van der Waals surface area contributed by atoms with Gasteiger partial charge in [0.05, 0.1) is 0 Å². The molecule has 5 nitrogen and oxygen atoms in total. The van der Waals surface area contributed by atoms with Crippen molar-refractivity contribution in [2.75, 3.05) is 53.6 Å². The number of aromatic nitrogens is 1. The molecule has 0 radical (unpaired) electrons. The topological polar surface area (TPSA) is 49.5 Å².